The number of carboxylic acid groups (broad SMARTS) is 1. The monoisotopic (exact) mass is 269 g/mol. The number of aliphatic carboxylic acids is 1. The zero-order valence-corrected chi connectivity index (χ0v) is 10.5. The van der Waals surface area contributed by atoms with E-state index in [1.165, 1.54) is 12.1 Å². The molecule has 1 aromatic rings. The molecule has 1 unspecified atom stereocenters. The predicted octanol–water partition coefficient (Wildman–Crippen LogP) is 0.710. The first kappa shape index (κ1) is 15.1. The van der Waals surface area contributed by atoms with Gasteiger partial charge in [0, 0.05) is 6.42 Å². The fraction of sp³-hybridized carbons (Fsp3) is 0.385. The molecule has 0 bridgehead atoms. The molecule has 0 heterocycles. The van der Waals surface area contributed by atoms with Gasteiger partial charge in [-0.05, 0) is 31.0 Å². The van der Waals surface area contributed by atoms with Crippen LogP contribution in [-0.4, -0.2) is 34.2 Å². The summed E-state index contributed by atoms with van der Waals surface area (Å²) in [5.41, 5.74) is -1.17. The van der Waals surface area contributed by atoms with Crippen molar-refractivity contribution in [2.45, 2.75) is 25.4 Å². The molecule has 0 aliphatic carbocycles. The number of rotatable bonds is 6. The summed E-state index contributed by atoms with van der Waals surface area (Å²) in [6.45, 7) is 0.750. The number of hydrogen-bond donors (Lipinski definition) is 3. The third kappa shape index (κ3) is 5.05. The van der Waals surface area contributed by atoms with E-state index in [2.05, 4.69) is 5.32 Å². The maximum atomic E-state index is 12.7. The topological polar surface area (TPSA) is 86.6 Å². The van der Waals surface area contributed by atoms with Crippen molar-refractivity contribution in [1.29, 1.82) is 0 Å². The van der Waals surface area contributed by atoms with Gasteiger partial charge in [0.15, 0.2) is 5.60 Å². The second kappa shape index (κ2) is 6.29. The maximum absolute atomic E-state index is 12.7. The van der Waals surface area contributed by atoms with Crippen molar-refractivity contribution >= 4 is 11.9 Å². The lowest BCUT2D eigenvalue weighted by Crippen LogP contribution is -2.46. The van der Waals surface area contributed by atoms with Crippen molar-refractivity contribution in [3.05, 3.63) is 35.6 Å². The minimum Gasteiger partial charge on any atom is -0.479 e. The van der Waals surface area contributed by atoms with Gasteiger partial charge in [0.2, 0.25) is 5.91 Å². The minimum atomic E-state index is -1.98. The molecule has 0 saturated heterocycles. The maximum Gasteiger partial charge on any atom is 0.337 e. The van der Waals surface area contributed by atoms with Gasteiger partial charge in [-0.15, -0.1) is 0 Å². The lowest BCUT2D eigenvalue weighted by Gasteiger charge is -2.18. The number of carbonyl (C=O) groups excluding carboxylic acids is 1. The van der Waals surface area contributed by atoms with Crippen LogP contribution >= 0.6 is 0 Å². The molecule has 3 N–H and O–H groups in total. The highest BCUT2D eigenvalue weighted by atomic mass is 19.1. The van der Waals surface area contributed by atoms with E-state index in [1.807, 2.05) is 0 Å². The summed E-state index contributed by atoms with van der Waals surface area (Å²) >= 11 is 0. The highest BCUT2D eigenvalue weighted by Gasteiger charge is 2.30. The largest absolute Gasteiger partial charge is 0.479 e. The number of halogens is 1. The van der Waals surface area contributed by atoms with Crippen LogP contribution in [0.3, 0.4) is 0 Å². The Morgan fingerprint density at radius 3 is 2.42 bits per heavy atom. The number of benzene rings is 1. The first-order chi connectivity index (χ1) is 8.81. The summed E-state index contributed by atoms with van der Waals surface area (Å²) in [5.74, 6) is -2.11. The lowest BCUT2D eigenvalue weighted by molar-refractivity contribution is -0.156. The Morgan fingerprint density at radius 2 is 1.89 bits per heavy atom. The van der Waals surface area contributed by atoms with Crippen LogP contribution in [0.5, 0.6) is 0 Å². The first-order valence-electron chi connectivity index (χ1n) is 5.78. The number of carbonyl (C=O) groups is 2. The zero-order valence-electron chi connectivity index (χ0n) is 10.5. The van der Waals surface area contributed by atoms with Crippen molar-refractivity contribution < 1.29 is 24.2 Å². The van der Waals surface area contributed by atoms with Gasteiger partial charge in [0.05, 0.1) is 6.54 Å². The van der Waals surface area contributed by atoms with Gasteiger partial charge in [0.25, 0.3) is 0 Å². The Hall–Kier alpha value is -1.95. The predicted molar refractivity (Wildman–Crippen MR) is 66.0 cm³/mol. The summed E-state index contributed by atoms with van der Waals surface area (Å²) in [7, 11) is 0. The van der Waals surface area contributed by atoms with E-state index in [0.717, 1.165) is 12.5 Å². The highest BCUT2D eigenvalue weighted by molar-refractivity contribution is 5.80. The van der Waals surface area contributed by atoms with Crippen LogP contribution in [0.25, 0.3) is 0 Å². The van der Waals surface area contributed by atoms with E-state index in [0.29, 0.717) is 6.42 Å². The van der Waals surface area contributed by atoms with Crippen LogP contribution in [0.4, 0.5) is 4.39 Å². The molecule has 0 aliphatic heterocycles. The molecule has 5 nitrogen and oxygen atoms in total. The molecule has 0 aromatic heterocycles. The molecule has 1 aromatic carbocycles. The molecular formula is C13H16FNO4. The van der Waals surface area contributed by atoms with Gasteiger partial charge in [-0.25, -0.2) is 9.18 Å². The second-order valence-electron chi connectivity index (χ2n) is 4.48. The summed E-state index contributed by atoms with van der Waals surface area (Å²) in [6.07, 6.45) is 0.558. The molecule has 1 amide bonds. The van der Waals surface area contributed by atoms with Gasteiger partial charge in [-0.3, -0.25) is 4.79 Å². The number of aryl methyl sites for hydroxylation is 1. The Labute approximate surface area is 110 Å². The van der Waals surface area contributed by atoms with Gasteiger partial charge >= 0.3 is 5.97 Å². The third-order valence-corrected chi connectivity index (χ3v) is 2.64. The van der Waals surface area contributed by atoms with Crippen molar-refractivity contribution in [3.63, 3.8) is 0 Å². The highest BCUT2D eigenvalue weighted by Crippen LogP contribution is 2.06. The Morgan fingerprint density at radius 1 is 1.32 bits per heavy atom. The molecule has 0 fully saturated rings. The lowest BCUT2D eigenvalue weighted by atomic mass is 10.1. The molecular weight excluding hydrogens is 253 g/mol. The summed E-state index contributed by atoms with van der Waals surface area (Å²) in [4.78, 5) is 22.1. The fourth-order valence-corrected chi connectivity index (χ4v) is 1.34. The SMILES string of the molecule is CC(O)(CNC(=O)CCc1ccc(F)cc1)C(=O)O. The molecule has 1 atom stereocenters. The second-order valence-corrected chi connectivity index (χ2v) is 4.48. The van der Waals surface area contributed by atoms with Gasteiger partial charge in [-0.1, -0.05) is 12.1 Å². The quantitative estimate of drug-likeness (QED) is 0.710. The van der Waals surface area contributed by atoms with Crippen LogP contribution < -0.4 is 5.32 Å². The first-order valence-corrected chi connectivity index (χ1v) is 5.78. The third-order valence-electron chi connectivity index (χ3n) is 2.64. The Balaban J connectivity index is 2.36. The smallest absolute Gasteiger partial charge is 0.337 e. The summed E-state index contributed by atoms with van der Waals surface area (Å²) in [6, 6.07) is 5.77. The molecule has 19 heavy (non-hydrogen) atoms. The number of nitrogens with one attached hydrogen (secondary N) is 1. The van der Waals surface area contributed by atoms with E-state index >= 15 is 0 Å². The Bertz CT molecular complexity index is 456. The number of amides is 1. The van der Waals surface area contributed by atoms with Crippen molar-refractivity contribution in [3.8, 4) is 0 Å². The van der Waals surface area contributed by atoms with Crippen molar-refractivity contribution in [2.75, 3.05) is 6.54 Å². The van der Waals surface area contributed by atoms with E-state index < -0.39 is 11.6 Å². The average molecular weight is 269 g/mol. The van der Waals surface area contributed by atoms with Crippen molar-refractivity contribution in [1.82, 2.24) is 5.32 Å². The zero-order chi connectivity index (χ0) is 14.5. The van der Waals surface area contributed by atoms with E-state index in [1.54, 1.807) is 12.1 Å². The minimum absolute atomic E-state index is 0.140. The van der Waals surface area contributed by atoms with Crippen LogP contribution in [0.15, 0.2) is 24.3 Å². The summed E-state index contributed by atoms with van der Waals surface area (Å²) < 4.78 is 12.7. The molecule has 0 spiro atoms. The van der Waals surface area contributed by atoms with Gasteiger partial charge < -0.3 is 15.5 Å². The molecule has 1 rings (SSSR count). The molecule has 0 saturated carbocycles. The van der Waals surface area contributed by atoms with Crippen LogP contribution in [-0.2, 0) is 16.0 Å². The van der Waals surface area contributed by atoms with E-state index in [-0.39, 0.29) is 24.7 Å². The number of carboxylic acids is 1. The van der Waals surface area contributed by atoms with Crippen molar-refractivity contribution in [2.24, 2.45) is 0 Å². The normalized spacial score (nSPS) is 13.6. The van der Waals surface area contributed by atoms with Gasteiger partial charge in [0.1, 0.15) is 5.82 Å². The summed E-state index contributed by atoms with van der Waals surface area (Å²) in [5, 5.41) is 20.4. The molecule has 6 heteroatoms. The average Bonchev–Trinajstić information content (AvgIpc) is 2.35. The van der Waals surface area contributed by atoms with E-state index in [4.69, 9.17) is 5.11 Å². The standard InChI is InChI=1S/C13H16FNO4/c1-13(19,12(17)18)8-15-11(16)7-4-9-2-5-10(14)6-3-9/h2-3,5-6,19H,4,7-8H2,1H3,(H,15,16)(H,17,18). The van der Waals surface area contributed by atoms with Crippen LogP contribution in [0, 0.1) is 5.82 Å². The number of hydrogen-bond acceptors (Lipinski definition) is 3. The van der Waals surface area contributed by atoms with Gasteiger partial charge in [-0.2, -0.15) is 0 Å². The van der Waals surface area contributed by atoms with E-state index in [9.17, 15) is 19.1 Å². The Kier molecular flexibility index (Phi) is 5.00. The fourth-order valence-electron chi connectivity index (χ4n) is 1.34. The van der Waals surface area contributed by atoms with Crippen LogP contribution in [0.1, 0.15) is 18.9 Å². The number of aliphatic hydroxyl groups is 1. The molecule has 0 aliphatic rings. The van der Waals surface area contributed by atoms with Crippen LogP contribution in [0.2, 0.25) is 0 Å². The molecule has 104 valence electrons. The molecule has 0 radical (unpaired) electrons.